The Labute approximate surface area is 147 Å². The molecule has 1 fully saturated rings. The van der Waals surface area contributed by atoms with E-state index in [9.17, 15) is 4.79 Å². The number of hydrogen-bond acceptors (Lipinski definition) is 6. The number of hydrogen-bond donors (Lipinski definition) is 2. The van der Waals surface area contributed by atoms with Gasteiger partial charge >= 0.3 is 6.03 Å². The number of amides is 2. The maximum Gasteiger partial charge on any atom is 0.315 e. The predicted octanol–water partition coefficient (Wildman–Crippen LogP) is 1.35. The fraction of sp³-hybridized carbons (Fsp3) is 0.471. The number of carbonyl (C=O) groups is 1. The molecule has 0 bridgehead atoms. The Morgan fingerprint density at radius 1 is 1.32 bits per heavy atom. The molecule has 3 rings (SSSR count). The van der Waals surface area contributed by atoms with E-state index < -0.39 is 0 Å². The van der Waals surface area contributed by atoms with Crippen molar-refractivity contribution in [2.45, 2.75) is 39.3 Å². The van der Waals surface area contributed by atoms with E-state index in [1.165, 1.54) is 0 Å². The van der Waals surface area contributed by atoms with Crippen LogP contribution in [0.3, 0.4) is 0 Å². The number of rotatable bonds is 4. The molecule has 8 nitrogen and oxygen atoms in total. The van der Waals surface area contributed by atoms with E-state index in [2.05, 4.69) is 35.5 Å². The summed E-state index contributed by atoms with van der Waals surface area (Å²) in [5.41, 5.74) is 1.69. The van der Waals surface area contributed by atoms with E-state index in [1.807, 2.05) is 19.9 Å². The average molecular weight is 341 g/mol. The highest BCUT2D eigenvalue weighted by Crippen LogP contribution is 2.18. The summed E-state index contributed by atoms with van der Waals surface area (Å²) in [6, 6.07) is 1.89. The Balaban J connectivity index is 1.53. The van der Waals surface area contributed by atoms with Crippen LogP contribution < -0.4 is 15.5 Å². The zero-order valence-electron chi connectivity index (χ0n) is 14.6. The van der Waals surface area contributed by atoms with Gasteiger partial charge in [-0.25, -0.2) is 14.8 Å². The van der Waals surface area contributed by atoms with Crippen LogP contribution in [-0.4, -0.2) is 45.1 Å². The van der Waals surface area contributed by atoms with Crippen LogP contribution in [0.15, 0.2) is 24.7 Å². The Hall–Kier alpha value is -2.77. The van der Waals surface area contributed by atoms with Crippen molar-refractivity contribution >= 4 is 11.8 Å². The topological polar surface area (TPSA) is 95.9 Å². The second kappa shape index (κ2) is 7.87. The standard InChI is InChI=1S/C17H23N7O/c1-12-8-16(22-13(2)21-12)24-7-3-4-14(11-24)23-17(25)20-10-15-9-18-5-6-19-15/h5-6,8-9,14H,3-4,7,10-11H2,1-2H3,(H2,20,23,25). The van der Waals surface area contributed by atoms with Gasteiger partial charge in [0.15, 0.2) is 0 Å². The average Bonchev–Trinajstić information content (AvgIpc) is 2.60. The largest absolute Gasteiger partial charge is 0.354 e. The first kappa shape index (κ1) is 17.1. The molecule has 0 spiro atoms. The molecule has 3 heterocycles. The number of anilines is 1. The first-order valence-electron chi connectivity index (χ1n) is 8.46. The van der Waals surface area contributed by atoms with Crippen LogP contribution in [0.4, 0.5) is 10.6 Å². The fourth-order valence-corrected chi connectivity index (χ4v) is 2.99. The molecule has 2 N–H and O–H groups in total. The summed E-state index contributed by atoms with van der Waals surface area (Å²) in [6.45, 7) is 5.91. The van der Waals surface area contributed by atoms with Crippen LogP contribution in [0.5, 0.6) is 0 Å². The highest BCUT2D eigenvalue weighted by atomic mass is 16.2. The number of nitrogens with one attached hydrogen (secondary N) is 2. The molecule has 0 aromatic carbocycles. The van der Waals surface area contributed by atoms with Crippen molar-refractivity contribution in [3.8, 4) is 0 Å². The zero-order chi connectivity index (χ0) is 17.6. The summed E-state index contributed by atoms with van der Waals surface area (Å²) < 4.78 is 0. The molecule has 0 radical (unpaired) electrons. The Kier molecular flexibility index (Phi) is 5.37. The summed E-state index contributed by atoms with van der Waals surface area (Å²) >= 11 is 0. The highest BCUT2D eigenvalue weighted by molar-refractivity contribution is 5.74. The van der Waals surface area contributed by atoms with Crippen LogP contribution in [0.2, 0.25) is 0 Å². The van der Waals surface area contributed by atoms with Gasteiger partial charge in [0.05, 0.1) is 18.4 Å². The molecule has 2 aromatic rings. The first-order valence-corrected chi connectivity index (χ1v) is 8.46. The number of piperidine rings is 1. The Bertz CT molecular complexity index is 702. The van der Waals surface area contributed by atoms with Gasteiger partial charge in [-0.2, -0.15) is 0 Å². The summed E-state index contributed by atoms with van der Waals surface area (Å²) in [5.74, 6) is 1.70. The number of aromatic nitrogens is 4. The summed E-state index contributed by atoms with van der Waals surface area (Å²) in [7, 11) is 0. The number of aryl methyl sites for hydroxylation is 2. The molecule has 8 heteroatoms. The summed E-state index contributed by atoms with van der Waals surface area (Å²) in [6.07, 6.45) is 6.83. The second-order valence-corrected chi connectivity index (χ2v) is 6.22. The quantitative estimate of drug-likeness (QED) is 0.871. The van der Waals surface area contributed by atoms with Crippen LogP contribution in [0.1, 0.15) is 30.1 Å². The van der Waals surface area contributed by atoms with Crippen molar-refractivity contribution in [1.82, 2.24) is 30.6 Å². The van der Waals surface area contributed by atoms with Gasteiger partial charge in [-0.1, -0.05) is 0 Å². The first-order chi connectivity index (χ1) is 12.1. The monoisotopic (exact) mass is 341 g/mol. The lowest BCUT2D eigenvalue weighted by Crippen LogP contribution is -2.50. The van der Waals surface area contributed by atoms with Gasteiger partial charge in [-0.15, -0.1) is 0 Å². The Morgan fingerprint density at radius 3 is 2.96 bits per heavy atom. The van der Waals surface area contributed by atoms with Crippen molar-refractivity contribution in [3.05, 3.63) is 41.9 Å². The normalized spacial score (nSPS) is 17.2. The van der Waals surface area contributed by atoms with Gasteiger partial charge in [0, 0.05) is 43.3 Å². The molecule has 1 unspecified atom stereocenters. The number of urea groups is 1. The lowest BCUT2D eigenvalue weighted by atomic mass is 10.1. The van der Waals surface area contributed by atoms with Gasteiger partial charge in [0.1, 0.15) is 11.6 Å². The van der Waals surface area contributed by atoms with Crippen LogP contribution in [-0.2, 0) is 6.54 Å². The van der Waals surface area contributed by atoms with Gasteiger partial charge in [0.2, 0.25) is 0 Å². The molecule has 2 amide bonds. The van der Waals surface area contributed by atoms with Gasteiger partial charge in [-0.05, 0) is 26.7 Å². The maximum atomic E-state index is 12.1. The lowest BCUT2D eigenvalue weighted by molar-refractivity contribution is 0.234. The molecule has 1 atom stereocenters. The molecule has 1 aliphatic heterocycles. The molecular formula is C17H23N7O. The zero-order valence-corrected chi connectivity index (χ0v) is 14.6. The van der Waals surface area contributed by atoms with Gasteiger partial charge < -0.3 is 15.5 Å². The SMILES string of the molecule is Cc1cc(N2CCCC(NC(=O)NCc3cnccn3)C2)nc(C)n1. The fourth-order valence-electron chi connectivity index (χ4n) is 2.99. The van der Waals surface area contributed by atoms with Crippen LogP contribution in [0.25, 0.3) is 0 Å². The minimum absolute atomic E-state index is 0.0891. The molecule has 1 aliphatic rings. The highest BCUT2D eigenvalue weighted by Gasteiger charge is 2.22. The van der Waals surface area contributed by atoms with E-state index in [1.54, 1.807) is 18.6 Å². The van der Waals surface area contributed by atoms with Crippen LogP contribution >= 0.6 is 0 Å². The van der Waals surface area contributed by atoms with Crippen molar-refractivity contribution < 1.29 is 4.79 Å². The minimum atomic E-state index is -0.187. The third-order valence-corrected chi connectivity index (χ3v) is 4.08. The smallest absolute Gasteiger partial charge is 0.315 e. The molecule has 132 valence electrons. The summed E-state index contributed by atoms with van der Waals surface area (Å²) in [5, 5.41) is 5.86. The van der Waals surface area contributed by atoms with E-state index in [-0.39, 0.29) is 12.1 Å². The van der Waals surface area contributed by atoms with Crippen molar-refractivity contribution in [2.24, 2.45) is 0 Å². The Morgan fingerprint density at radius 2 is 2.20 bits per heavy atom. The minimum Gasteiger partial charge on any atom is -0.354 e. The van der Waals surface area contributed by atoms with Crippen LogP contribution in [0, 0.1) is 13.8 Å². The van der Waals surface area contributed by atoms with Gasteiger partial charge in [-0.3, -0.25) is 9.97 Å². The maximum absolute atomic E-state index is 12.1. The third kappa shape index (κ3) is 4.85. The summed E-state index contributed by atoms with van der Waals surface area (Å²) in [4.78, 5) is 31.3. The molecule has 1 saturated heterocycles. The van der Waals surface area contributed by atoms with E-state index >= 15 is 0 Å². The number of carbonyl (C=O) groups excluding carboxylic acids is 1. The molecule has 0 aliphatic carbocycles. The van der Waals surface area contributed by atoms with E-state index in [0.717, 1.165) is 49.0 Å². The van der Waals surface area contributed by atoms with Crippen molar-refractivity contribution in [2.75, 3.05) is 18.0 Å². The van der Waals surface area contributed by atoms with E-state index in [4.69, 9.17) is 0 Å². The molecule has 2 aromatic heterocycles. The number of nitrogens with zero attached hydrogens (tertiary/aromatic N) is 5. The second-order valence-electron chi connectivity index (χ2n) is 6.22. The van der Waals surface area contributed by atoms with Gasteiger partial charge in [0.25, 0.3) is 0 Å². The molecule has 0 saturated carbocycles. The third-order valence-electron chi connectivity index (χ3n) is 4.08. The lowest BCUT2D eigenvalue weighted by Gasteiger charge is -2.34. The van der Waals surface area contributed by atoms with E-state index in [0.29, 0.717) is 6.54 Å². The molecular weight excluding hydrogens is 318 g/mol. The van der Waals surface area contributed by atoms with Crippen molar-refractivity contribution in [3.63, 3.8) is 0 Å². The molecule has 25 heavy (non-hydrogen) atoms. The van der Waals surface area contributed by atoms with Crippen molar-refractivity contribution in [1.29, 1.82) is 0 Å². The predicted molar refractivity (Wildman–Crippen MR) is 94.1 cm³/mol.